The van der Waals surface area contributed by atoms with E-state index in [9.17, 15) is 0 Å². The number of hydrogen-bond donors (Lipinski definition) is 0. The number of pyridine rings is 1. The Hall–Kier alpha value is -0.420. The number of hydrogen-bond acceptors (Lipinski definition) is 1. The molecule has 19 heavy (non-hydrogen) atoms. The van der Waals surface area contributed by atoms with E-state index in [1.165, 1.54) is 11.9 Å². The third-order valence-electron chi connectivity index (χ3n) is 5.94. The van der Waals surface area contributed by atoms with Crippen molar-refractivity contribution in [2.75, 3.05) is 6.66 Å². The van der Waals surface area contributed by atoms with Gasteiger partial charge in [0.2, 0.25) is 0 Å². The highest BCUT2D eigenvalue weighted by atomic mass is 31.1. The minimum Gasteiger partial charge on any atom is -0.261 e. The molecule has 1 aromatic heterocycles. The summed E-state index contributed by atoms with van der Waals surface area (Å²) in [7, 11) is 0.107. The summed E-state index contributed by atoms with van der Waals surface area (Å²) in [5.74, 6) is 3.25. The third kappa shape index (κ3) is 2.15. The topological polar surface area (TPSA) is 12.9 Å². The van der Waals surface area contributed by atoms with Gasteiger partial charge in [0.25, 0.3) is 0 Å². The standard InChI is InChI=1S/C17H24NP/c1-19(12-16-4-2-3-5-18-16)17-9-13-6-14(10-17)8-15(7-13)11-17/h2-5,13-15H,6-12H2,1H3/t13?,14?,15?,17?,19-/m1/s1. The van der Waals surface area contributed by atoms with Crippen LogP contribution in [0.5, 0.6) is 0 Å². The van der Waals surface area contributed by atoms with Crippen LogP contribution in [0.25, 0.3) is 0 Å². The fourth-order valence-electron chi connectivity index (χ4n) is 5.43. The number of nitrogens with zero attached hydrogens (tertiary/aromatic N) is 1. The van der Waals surface area contributed by atoms with Gasteiger partial charge in [-0.2, -0.15) is 0 Å². The Morgan fingerprint density at radius 2 is 1.74 bits per heavy atom. The Labute approximate surface area is 118 Å². The lowest BCUT2D eigenvalue weighted by Gasteiger charge is -2.59. The number of aromatic nitrogens is 1. The molecule has 102 valence electrons. The highest BCUT2D eigenvalue weighted by Crippen LogP contribution is 2.68. The minimum atomic E-state index is 0.107. The molecule has 0 unspecified atom stereocenters. The second-order valence-corrected chi connectivity index (χ2v) is 9.98. The van der Waals surface area contributed by atoms with Crippen LogP contribution in [0.2, 0.25) is 0 Å². The van der Waals surface area contributed by atoms with Crippen LogP contribution >= 0.6 is 7.92 Å². The Morgan fingerprint density at radius 3 is 2.26 bits per heavy atom. The van der Waals surface area contributed by atoms with Crippen molar-refractivity contribution in [2.24, 2.45) is 17.8 Å². The van der Waals surface area contributed by atoms with E-state index in [1.807, 2.05) is 12.3 Å². The van der Waals surface area contributed by atoms with Crippen molar-refractivity contribution < 1.29 is 0 Å². The molecule has 0 N–H and O–H groups in total. The van der Waals surface area contributed by atoms with Crippen molar-refractivity contribution >= 4 is 7.92 Å². The van der Waals surface area contributed by atoms with Crippen LogP contribution in [0, 0.1) is 17.8 Å². The molecule has 4 saturated carbocycles. The second-order valence-electron chi connectivity index (χ2n) is 7.32. The molecule has 4 aliphatic carbocycles. The molecule has 0 amide bonds. The van der Waals surface area contributed by atoms with Crippen LogP contribution in [0.15, 0.2) is 24.4 Å². The van der Waals surface area contributed by atoms with Crippen LogP contribution in [0.1, 0.15) is 44.2 Å². The first kappa shape index (κ1) is 12.3. The van der Waals surface area contributed by atoms with Crippen molar-refractivity contribution in [1.82, 2.24) is 4.98 Å². The lowest BCUT2D eigenvalue weighted by Crippen LogP contribution is -2.49. The van der Waals surface area contributed by atoms with E-state index in [2.05, 4.69) is 23.8 Å². The van der Waals surface area contributed by atoms with Crippen LogP contribution in [-0.2, 0) is 6.16 Å². The maximum atomic E-state index is 4.56. The zero-order chi connectivity index (χ0) is 12.9. The first-order chi connectivity index (χ1) is 9.23. The largest absolute Gasteiger partial charge is 0.261 e. The summed E-state index contributed by atoms with van der Waals surface area (Å²) >= 11 is 0. The molecule has 2 heteroatoms. The molecule has 5 rings (SSSR count). The van der Waals surface area contributed by atoms with Crippen molar-refractivity contribution in [3.8, 4) is 0 Å². The van der Waals surface area contributed by atoms with Gasteiger partial charge in [0.05, 0.1) is 0 Å². The lowest BCUT2D eigenvalue weighted by atomic mass is 9.56. The first-order valence-corrected chi connectivity index (χ1v) is 9.82. The molecule has 4 aliphatic rings. The molecule has 0 aromatic carbocycles. The molecule has 4 fully saturated rings. The van der Waals surface area contributed by atoms with Gasteiger partial charge >= 0.3 is 0 Å². The molecule has 0 aliphatic heterocycles. The zero-order valence-electron chi connectivity index (χ0n) is 11.9. The molecule has 1 atom stereocenters. The first-order valence-electron chi connectivity index (χ1n) is 7.85. The summed E-state index contributed by atoms with van der Waals surface area (Å²) < 4.78 is 0. The van der Waals surface area contributed by atoms with Gasteiger partial charge in [0.1, 0.15) is 0 Å². The summed E-state index contributed by atoms with van der Waals surface area (Å²) in [5.41, 5.74) is 1.33. The van der Waals surface area contributed by atoms with E-state index in [-0.39, 0.29) is 7.92 Å². The monoisotopic (exact) mass is 273 g/mol. The third-order valence-corrected chi connectivity index (χ3v) is 8.91. The van der Waals surface area contributed by atoms with Gasteiger partial charge in [-0.1, -0.05) is 14.0 Å². The van der Waals surface area contributed by atoms with E-state index in [1.54, 1.807) is 38.5 Å². The molecule has 0 radical (unpaired) electrons. The van der Waals surface area contributed by atoms with E-state index < -0.39 is 0 Å². The number of rotatable bonds is 3. The van der Waals surface area contributed by atoms with Crippen LogP contribution in [0.4, 0.5) is 0 Å². The van der Waals surface area contributed by atoms with Crippen LogP contribution in [0.3, 0.4) is 0 Å². The van der Waals surface area contributed by atoms with E-state index >= 15 is 0 Å². The molecular weight excluding hydrogens is 249 g/mol. The maximum Gasteiger partial charge on any atom is 0.0446 e. The molecular formula is C17H24NP. The predicted molar refractivity (Wildman–Crippen MR) is 81.7 cm³/mol. The molecule has 0 saturated heterocycles. The van der Waals surface area contributed by atoms with Gasteiger partial charge in [-0.05, 0) is 80.2 Å². The van der Waals surface area contributed by atoms with E-state index in [4.69, 9.17) is 0 Å². The van der Waals surface area contributed by atoms with Crippen LogP contribution in [-0.4, -0.2) is 16.8 Å². The molecule has 1 aromatic rings. The smallest absolute Gasteiger partial charge is 0.0446 e. The van der Waals surface area contributed by atoms with Gasteiger partial charge in [0, 0.05) is 18.1 Å². The van der Waals surface area contributed by atoms with Gasteiger partial charge in [0.15, 0.2) is 0 Å². The van der Waals surface area contributed by atoms with Crippen molar-refractivity contribution in [3.63, 3.8) is 0 Å². The van der Waals surface area contributed by atoms with Crippen molar-refractivity contribution in [2.45, 2.75) is 49.8 Å². The fourth-order valence-corrected chi connectivity index (χ4v) is 8.15. The van der Waals surface area contributed by atoms with Gasteiger partial charge in [-0.15, -0.1) is 0 Å². The predicted octanol–water partition coefficient (Wildman–Crippen LogP) is 4.66. The highest BCUT2D eigenvalue weighted by Gasteiger charge is 2.52. The Balaban J connectivity index is 1.55. The van der Waals surface area contributed by atoms with Crippen LogP contribution < -0.4 is 0 Å². The zero-order valence-corrected chi connectivity index (χ0v) is 12.8. The molecule has 0 spiro atoms. The quantitative estimate of drug-likeness (QED) is 0.730. The summed E-state index contributed by atoms with van der Waals surface area (Å²) in [6.45, 7) is 2.57. The molecule has 4 bridgehead atoms. The van der Waals surface area contributed by atoms with Crippen molar-refractivity contribution in [1.29, 1.82) is 0 Å². The van der Waals surface area contributed by atoms with Gasteiger partial charge < -0.3 is 0 Å². The summed E-state index contributed by atoms with van der Waals surface area (Å²) in [6.07, 6.45) is 12.5. The maximum absolute atomic E-state index is 4.56. The minimum absolute atomic E-state index is 0.107. The highest BCUT2D eigenvalue weighted by molar-refractivity contribution is 7.57. The Morgan fingerprint density at radius 1 is 1.11 bits per heavy atom. The van der Waals surface area contributed by atoms with Crippen molar-refractivity contribution in [3.05, 3.63) is 30.1 Å². The van der Waals surface area contributed by atoms with E-state index in [0.717, 1.165) is 22.9 Å². The average molecular weight is 273 g/mol. The summed E-state index contributed by atoms with van der Waals surface area (Å²) in [5, 5.41) is 0.738. The normalized spacial score (nSPS) is 41.4. The Bertz CT molecular complexity index is 420. The summed E-state index contributed by atoms with van der Waals surface area (Å²) in [6, 6.07) is 6.40. The van der Waals surface area contributed by atoms with Gasteiger partial charge in [-0.3, -0.25) is 4.98 Å². The summed E-state index contributed by atoms with van der Waals surface area (Å²) in [4.78, 5) is 4.56. The SMILES string of the molecule is C[P@](Cc1ccccn1)C12CC3CC(CC(C3)C1)C2. The average Bonchev–Trinajstić information content (AvgIpc) is 2.38. The second kappa shape index (κ2) is 4.55. The molecule has 1 nitrogen and oxygen atoms in total. The lowest BCUT2D eigenvalue weighted by molar-refractivity contribution is 0.0356. The molecule has 1 heterocycles. The Kier molecular flexibility index (Phi) is 2.95. The fraction of sp³-hybridized carbons (Fsp3) is 0.706. The van der Waals surface area contributed by atoms with Gasteiger partial charge in [-0.25, -0.2) is 0 Å². The van der Waals surface area contributed by atoms with E-state index in [0.29, 0.717) is 0 Å².